The van der Waals surface area contributed by atoms with Crippen molar-refractivity contribution in [3.05, 3.63) is 0 Å². The molecule has 1 saturated carbocycles. The summed E-state index contributed by atoms with van der Waals surface area (Å²) in [4.78, 5) is 16.5. The van der Waals surface area contributed by atoms with E-state index < -0.39 is 0 Å². The molecule has 1 aliphatic heterocycles. The zero-order chi connectivity index (χ0) is 14.0. The third-order valence-electron chi connectivity index (χ3n) is 4.97. The van der Waals surface area contributed by atoms with Crippen LogP contribution in [0.25, 0.3) is 0 Å². The van der Waals surface area contributed by atoms with Crippen molar-refractivity contribution in [2.45, 2.75) is 51.1 Å². The van der Waals surface area contributed by atoms with Gasteiger partial charge in [-0.15, -0.1) is 0 Å². The quantitative estimate of drug-likeness (QED) is 0.838. The lowest BCUT2D eigenvalue weighted by Crippen LogP contribution is -2.52. The highest BCUT2D eigenvalue weighted by atomic mass is 16.2. The molecule has 4 heteroatoms. The van der Waals surface area contributed by atoms with E-state index in [0.29, 0.717) is 12.0 Å². The van der Waals surface area contributed by atoms with Gasteiger partial charge in [0.2, 0.25) is 5.91 Å². The maximum Gasteiger partial charge on any atom is 0.239 e. The molecule has 4 nitrogen and oxygen atoms in total. The van der Waals surface area contributed by atoms with Crippen molar-refractivity contribution >= 4 is 5.91 Å². The minimum absolute atomic E-state index is 0.0966. The monoisotopic (exact) mass is 267 g/mol. The first-order valence-corrected chi connectivity index (χ1v) is 7.71. The number of hydrogen-bond acceptors (Lipinski definition) is 3. The summed E-state index contributed by atoms with van der Waals surface area (Å²) in [5, 5.41) is 0. The van der Waals surface area contributed by atoms with E-state index in [9.17, 15) is 4.79 Å². The van der Waals surface area contributed by atoms with Crippen LogP contribution >= 0.6 is 0 Å². The average Bonchev–Trinajstić information content (AvgIpc) is 2.86. The molecule has 1 heterocycles. The molecule has 0 radical (unpaired) electrons. The van der Waals surface area contributed by atoms with Gasteiger partial charge in [0.1, 0.15) is 0 Å². The summed E-state index contributed by atoms with van der Waals surface area (Å²) in [6.07, 6.45) is 5.88. The highest BCUT2D eigenvalue weighted by molar-refractivity contribution is 5.81. The summed E-state index contributed by atoms with van der Waals surface area (Å²) < 4.78 is 0. The minimum atomic E-state index is 0.0966. The lowest BCUT2D eigenvalue weighted by molar-refractivity contribution is -0.135. The van der Waals surface area contributed by atoms with Crippen LogP contribution in [0.2, 0.25) is 0 Å². The molecule has 19 heavy (non-hydrogen) atoms. The van der Waals surface area contributed by atoms with Crippen LogP contribution in [-0.2, 0) is 4.79 Å². The number of amides is 1. The van der Waals surface area contributed by atoms with Crippen molar-refractivity contribution in [3.63, 3.8) is 0 Å². The topological polar surface area (TPSA) is 49.6 Å². The lowest BCUT2D eigenvalue weighted by atomic mass is 9.78. The summed E-state index contributed by atoms with van der Waals surface area (Å²) in [5.74, 6) is 1.61. The van der Waals surface area contributed by atoms with Gasteiger partial charge >= 0.3 is 0 Å². The second-order valence-electron chi connectivity index (χ2n) is 6.61. The Kier molecular flexibility index (Phi) is 4.85. The van der Waals surface area contributed by atoms with Gasteiger partial charge in [0.15, 0.2) is 0 Å². The smallest absolute Gasteiger partial charge is 0.239 e. The first-order chi connectivity index (χ1) is 9.04. The number of rotatable bonds is 3. The predicted octanol–water partition coefficient (Wildman–Crippen LogP) is 1.30. The van der Waals surface area contributed by atoms with Crippen LogP contribution in [-0.4, -0.2) is 55.0 Å². The fourth-order valence-corrected chi connectivity index (χ4v) is 3.84. The summed E-state index contributed by atoms with van der Waals surface area (Å²) in [6.45, 7) is 4.16. The van der Waals surface area contributed by atoms with Crippen molar-refractivity contribution in [2.24, 2.45) is 17.6 Å². The standard InChI is InChI=1S/C15H29N3O/c1-11-6-7-12(10-16)14(9-11)18-8-4-5-13(18)15(19)17(2)3/h11-14H,4-10,16H2,1-3H3. The van der Waals surface area contributed by atoms with Crippen LogP contribution in [0.1, 0.15) is 39.0 Å². The third-order valence-corrected chi connectivity index (χ3v) is 4.97. The molecule has 1 amide bonds. The number of likely N-dealkylation sites (tertiary alicyclic amines) is 1. The Morgan fingerprint density at radius 1 is 1.32 bits per heavy atom. The van der Waals surface area contributed by atoms with E-state index in [4.69, 9.17) is 5.73 Å². The Hall–Kier alpha value is -0.610. The van der Waals surface area contributed by atoms with Crippen LogP contribution in [0.4, 0.5) is 0 Å². The van der Waals surface area contributed by atoms with Crippen LogP contribution in [0, 0.1) is 11.8 Å². The van der Waals surface area contributed by atoms with E-state index >= 15 is 0 Å². The normalized spacial score (nSPS) is 36.4. The fourth-order valence-electron chi connectivity index (χ4n) is 3.84. The molecule has 2 aliphatic rings. The minimum Gasteiger partial charge on any atom is -0.347 e. The van der Waals surface area contributed by atoms with Gasteiger partial charge in [0.25, 0.3) is 0 Å². The number of carbonyl (C=O) groups excluding carboxylic acids is 1. The Morgan fingerprint density at radius 2 is 2.05 bits per heavy atom. The molecular weight excluding hydrogens is 238 g/mol. The molecule has 0 spiro atoms. The highest BCUT2D eigenvalue weighted by Gasteiger charge is 2.40. The van der Waals surface area contributed by atoms with E-state index in [0.717, 1.165) is 31.8 Å². The van der Waals surface area contributed by atoms with Crippen molar-refractivity contribution in [1.82, 2.24) is 9.80 Å². The number of carbonyl (C=O) groups is 1. The van der Waals surface area contributed by atoms with Crippen molar-refractivity contribution in [3.8, 4) is 0 Å². The largest absolute Gasteiger partial charge is 0.347 e. The molecule has 0 bridgehead atoms. The highest BCUT2D eigenvalue weighted by Crippen LogP contribution is 2.35. The van der Waals surface area contributed by atoms with Gasteiger partial charge in [-0.3, -0.25) is 9.69 Å². The van der Waals surface area contributed by atoms with Crippen LogP contribution in [0.3, 0.4) is 0 Å². The van der Waals surface area contributed by atoms with E-state index in [1.807, 2.05) is 14.1 Å². The van der Waals surface area contributed by atoms with E-state index in [1.165, 1.54) is 19.3 Å². The molecule has 110 valence electrons. The van der Waals surface area contributed by atoms with Crippen LogP contribution < -0.4 is 5.73 Å². The summed E-state index contributed by atoms with van der Waals surface area (Å²) in [7, 11) is 3.73. The van der Waals surface area contributed by atoms with Gasteiger partial charge in [0.05, 0.1) is 6.04 Å². The molecule has 0 aromatic carbocycles. The first kappa shape index (κ1) is 14.8. The fraction of sp³-hybridized carbons (Fsp3) is 0.933. The zero-order valence-electron chi connectivity index (χ0n) is 12.6. The van der Waals surface area contributed by atoms with E-state index in [-0.39, 0.29) is 11.9 Å². The molecule has 0 aromatic heterocycles. The molecule has 2 N–H and O–H groups in total. The molecule has 4 unspecified atom stereocenters. The van der Waals surface area contributed by atoms with Gasteiger partial charge in [-0.1, -0.05) is 13.3 Å². The van der Waals surface area contributed by atoms with Crippen molar-refractivity contribution < 1.29 is 4.79 Å². The van der Waals surface area contributed by atoms with Crippen molar-refractivity contribution in [1.29, 1.82) is 0 Å². The molecule has 0 aromatic rings. The molecule has 4 atom stereocenters. The van der Waals surface area contributed by atoms with Gasteiger partial charge in [-0.2, -0.15) is 0 Å². The predicted molar refractivity (Wildman–Crippen MR) is 77.8 cm³/mol. The molecular formula is C15H29N3O. The number of nitrogens with zero attached hydrogens (tertiary/aromatic N) is 2. The van der Waals surface area contributed by atoms with Gasteiger partial charge < -0.3 is 10.6 Å². The van der Waals surface area contributed by atoms with Gasteiger partial charge in [-0.25, -0.2) is 0 Å². The molecule has 2 rings (SSSR count). The first-order valence-electron chi connectivity index (χ1n) is 7.71. The average molecular weight is 267 g/mol. The van der Waals surface area contributed by atoms with Crippen molar-refractivity contribution in [2.75, 3.05) is 27.2 Å². The number of hydrogen-bond donors (Lipinski definition) is 1. The Balaban J connectivity index is 2.11. The van der Waals surface area contributed by atoms with Crippen LogP contribution in [0.15, 0.2) is 0 Å². The Bertz CT molecular complexity index is 319. The third kappa shape index (κ3) is 3.11. The SMILES string of the molecule is CC1CCC(CN)C(N2CCCC2C(=O)N(C)C)C1. The molecule has 2 fully saturated rings. The zero-order valence-corrected chi connectivity index (χ0v) is 12.6. The maximum absolute atomic E-state index is 12.3. The van der Waals surface area contributed by atoms with E-state index in [2.05, 4.69) is 11.8 Å². The van der Waals surface area contributed by atoms with Gasteiger partial charge in [0, 0.05) is 20.1 Å². The lowest BCUT2D eigenvalue weighted by Gasteiger charge is -2.42. The maximum atomic E-state index is 12.3. The second-order valence-corrected chi connectivity index (χ2v) is 6.61. The van der Waals surface area contributed by atoms with Crippen LogP contribution in [0.5, 0.6) is 0 Å². The van der Waals surface area contributed by atoms with E-state index in [1.54, 1.807) is 4.90 Å². The number of nitrogens with two attached hydrogens (primary N) is 1. The second kappa shape index (κ2) is 6.23. The van der Waals surface area contributed by atoms with Gasteiger partial charge in [-0.05, 0) is 50.6 Å². The summed E-state index contributed by atoms with van der Waals surface area (Å²) in [6, 6.07) is 0.615. The number of likely N-dealkylation sites (N-methyl/N-ethyl adjacent to an activating group) is 1. The molecule has 1 saturated heterocycles. The molecule has 1 aliphatic carbocycles. The summed E-state index contributed by atoms with van der Waals surface area (Å²) in [5.41, 5.74) is 5.97. The Morgan fingerprint density at radius 3 is 2.68 bits per heavy atom. The summed E-state index contributed by atoms with van der Waals surface area (Å²) >= 11 is 0. The Labute approximate surface area is 117 Å².